The Morgan fingerprint density at radius 1 is 1.16 bits per heavy atom. The van der Waals surface area contributed by atoms with E-state index in [9.17, 15) is 0 Å². The van der Waals surface area contributed by atoms with Crippen molar-refractivity contribution in [3.05, 3.63) is 58.1 Å². The van der Waals surface area contributed by atoms with E-state index in [-0.39, 0.29) is 6.04 Å². The molecule has 4 heteroatoms. The molecule has 1 aromatic carbocycles. The summed E-state index contributed by atoms with van der Waals surface area (Å²) in [5, 5.41) is 4.04. The Morgan fingerprint density at radius 3 is 2.42 bits per heavy atom. The van der Waals surface area contributed by atoms with E-state index in [2.05, 4.69) is 27.4 Å². The Hall–Kier alpha value is -1.45. The summed E-state index contributed by atoms with van der Waals surface area (Å²) >= 11 is 6.27. The molecule has 0 aliphatic carbocycles. The van der Waals surface area contributed by atoms with Gasteiger partial charge in [-0.15, -0.1) is 0 Å². The minimum Gasteiger partial charge on any atom is -0.310 e. The molecule has 0 saturated carbocycles. The van der Waals surface area contributed by atoms with Gasteiger partial charge in [0, 0.05) is 17.4 Å². The molecular formula is C15H18ClN3. The third-order valence-electron chi connectivity index (χ3n) is 3.09. The van der Waals surface area contributed by atoms with Crippen LogP contribution in [0.5, 0.6) is 0 Å². The molecule has 2 rings (SSSR count). The number of hydrogen-bond donors (Lipinski definition) is 1. The van der Waals surface area contributed by atoms with Gasteiger partial charge in [0.1, 0.15) is 5.82 Å². The summed E-state index contributed by atoms with van der Waals surface area (Å²) in [5.41, 5.74) is 3.34. The Labute approximate surface area is 119 Å². The van der Waals surface area contributed by atoms with Crippen LogP contribution in [0.15, 0.2) is 30.6 Å². The SMILES string of the molecule is CNC(Cc1ccc(C)cc1Cl)c1ncc(C)cn1. The standard InChI is InChI=1S/C15H18ClN3/c1-10-4-5-12(13(16)6-10)7-14(17-3)15-18-8-11(2)9-19-15/h4-6,8-9,14,17H,7H2,1-3H3. The maximum absolute atomic E-state index is 6.27. The Bertz CT molecular complexity index is 552. The highest BCUT2D eigenvalue weighted by molar-refractivity contribution is 6.31. The second-order valence-corrected chi connectivity index (χ2v) is 5.17. The van der Waals surface area contributed by atoms with Crippen molar-refractivity contribution in [3.63, 3.8) is 0 Å². The molecule has 19 heavy (non-hydrogen) atoms. The lowest BCUT2D eigenvalue weighted by Crippen LogP contribution is -2.21. The topological polar surface area (TPSA) is 37.8 Å². The van der Waals surface area contributed by atoms with E-state index < -0.39 is 0 Å². The normalized spacial score (nSPS) is 12.4. The number of likely N-dealkylation sites (N-methyl/N-ethyl adjacent to an activating group) is 1. The molecule has 1 atom stereocenters. The van der Waals surface area contributed by atoms with Gasteiger partial charge in [0.2, 0.25) is 0 Å². The molecule has 0 saturated heterocycles. The van der Waals surface area contributed by atoms with Crippen LogP contribution in [-0.2, 0) is 6.42 Å². The molecule has 3 nitrogen and oxygen atoms in total. The van der Waals surface area contributed by atoms with Crippen LogP contribution in [0, 0.1) is 13.8 Å². The number of nitrogens with one attached hydrogen (secondary N) is 1. The predicted octanol–water partition coefficient (Wildman–Crippen LogP) is 3.25. The van der Waals surface area contributed by atoms with E-state index in [0.717, 1.165) is 28.4 Å². The van der Waals surface area contributed by atoms with E-state index in [1.807, 2.05) is 39.4 Å². The average molecular weight is 276 g/mol. The van der Waals surface area contributed by atoms with Gasteiger partial charge in [-0.2, -0.15) is 0 Å². The number of benzene rings is 1. The van der Waals surface area contributed by atoms with Gasteiger partial charge in [-0.1, -0.05) is 23.7 Å². The molecule has 0 radical (unpaired) electrons. The third-order valence-corrected chi connectivity index (χ3v) is 3.45. The molecule has 0 aliphatic heterocycles. The molecule has 1 unspecified atom stereocenters. The van der Waals surface area contributed by atoms with Gasteiger partial charge in [-0.25, -0.2) is 9.97 Å². The maximum atomic E-state index is 6.27. The Morgan fingerprint density at radius 2 is 1.84 bits per heavy atom. The van der Waals surface area contributed by atoms with Crippen molar-refractivity contribution in [2.45, 2.75) is 26.3 Å². The first-order chi connectivity index (χ1) is 9.10. The van der Waals surface area contributed by atoms with Crippen LogP contribution < -0.4 is 5.32 Å². The van der Waals surface area contributed by atoms with Gasteiger partial charge in [0.25, 0.3) is 0 Å². The molecule has 1 aromatic heterocycles. The zero-order valence-electron chi connectivity index (χ0n) is 11.4. The lowest BCUT2D eigenvalue weighted by molar-refractivity contribution is 0.556. The summed E-state index contributed by atoms with van der Waals surface area (Å²) in [6.07, 6.45) is 4.45. The summed E-state index contributed by atoms with van der Waals surface area (Å²) in [6.45, 7) is 4.02. The zero-order chi connectivity index (χ0) is 13.8. The first-order valence-electron chi connectivity index (χ1n) is 6.31. The van der Waals surface area contributed by atoms with Crippen molar-refractivity contribution < 1.29 is 0 Å². The second kappa shape index (κ2) is 6.13. The van der Waals surface area contributed by atoms with Crippen molar-refractivity contribution in [2.24, 2.45) is 0 Å². The number of hydrogen-bond acceptors (Lipinski definition) is 3. The van der Waals surface area contributed by atoms with E-state index in [1.54, 1.807) is 0 Å². The van der Waals surface area contributed by atoms with Crippen molar-refractivity contribution in [2.75, 3.05) is 7.05 Å². The quantitative estimate of drug-likeness (QED) is 0.931. The minimum atomic E-state index is 0.0702. The highest BCUT2D eigenvalue weighted by atomic mass is 35.5. The van der Waals surface area contributed by atoms with Gasteiger partial charge in [-0.05, 0) is 50.1 Å². The number of rotatable bonds is 4. The molecule has 0 aliphatic rings. The Kier molecular flexibility index (Phi) is 4.51. The minimum absolute atomic E-state index is 0.0702. The fourth-order valence-electron chi connectivity index (χ4n) is 1.94. The van der Waals surface area contributed by atoms with Gasteiger partial charge in [0.15, 0.2) is 0 Å². The van der Waals surface area contributed by atoms with Crippen molar-refractivity contribution >= 4 is 11.6 Å². The average Bonchev–Trinajstić information content (AvgIpc) is 2.39. The predicted molar refractivity (Wildman–Crippen MR) is 78.5 cm³/mol. The lowest BCUT2D eigenvalue weighted by atomic mass is 10.0. The highest BCUT2D eigenvalue weighted by Crippen LogP contribution is 2.22. The van der Waals surface area contributed by atoms with Crippen LogP contribution in [0.3, 0.4) is 0 Å². The summed E-state index contributed by atoms with van der Waals surface area (Å²) < 4.78 is 0. The number of halogens is 1. The summed E-state index contributed by atoms with van der Waals surface area (Å²) in [6, 6.07) is 6.19. The molecule has 0 amide bonds. The molecule has 100 valence electrons. The first-order valence-corrected chi connectivity index (χ1v) is 6.69. The fourth-order valence-corrected chi connectivity index (χ4v) is 2.26. The Balaban J connectivity index is 2.21. The molecular weight excluding hydrogens is 258 g/mol. The molecule has 0 bridgehead atoms. The highest BCUT2D eigenvalue weighted by Gasteiger charge is 2.14. The maximum Gasteiger partial charge on any atom is 0.145 e. The zero-order valence-corrected chi connectivity index (χ0v) is 12.2. The van der Waals surface area contributed by atoms with E-state index in [1.165, 1.54) is 5.56 Å². The largest absolute Gasteiger partial charge is 0.310 e. The van der Waals surface area contributed by atoms with Crippen LogP contribution in [0.25, 0.3) is 0 Å². The van der Waals surface area contributed by atoms with E-state index in [4.69, 9.17) is 11.6 Å². The fraction of sp³-hybridized carbons (Fsp3) is 0.333. The molecule has 1 N–H and O–H groups in total. The van der Waals surface area contributed by atoms with E-state index in [0.29, 0.717) is 0 Å². The number of aryl methyl sites for hydroxylation is 2. The van der Waals surface area contributed by atoms with Crippen molar-refractivity contribution in [1.29, 1.82) is 0 Å². The van der Waals surface area contributed by atoms with E-state index >= 15 is 0 Å². The van der Waals surface area contributed by atoms with Crippen LogP contribution in [0.2, 0.25) is 5.02 Å². The molecule has 1 heterocycles. The molecule has 0 spiro atoms. The third kappa shape index (κ3) is 3.52. The molecule has 0 fully saturated rings. The van der Waals surface area contributed by atoms with Gasteiger partial charge < -0.3 is 5.32 Å². The molecule has 2 aromatic rings. The van der Waals surface area contributed by atoms with Gasteiger partial charge in [-0.3, -0.25) is 0 Å². The summed E-state index contributed by atoms with van der Waals surface area (Å²) in [7, 11) is 1.91. The van der Waals surface area contributed by atoms with Gasteiger partial charge >= 0.3 is 0 Å². The smallest absolute Gasteiger partial charge is 0.145 e. The lowest BCUT2D eigenvalue weighted by Gasteiger charge is -2.16. The second-order valence-electron chi connectivity index (χ2n) is 4.76. The van der Waals surface area contributed by atoms with Crippen LogP contribution in [-0.4, -0.2) is 17.0 Å². The first kappa shape index (κ1) is 14.0. The summed E-state index contributed by atoms with van der Waals surface area (Å²) in [4.78, 5) is 8.75. The van der Waals surface area contributed by atoms with Crippen LogP contribution >= 0.6 is 11.6 Å². The van der Waals surface area contributed by atoms with Crippen molar-refractivity contribution in [3.8, 4) is 0 Å². The van der Waals surface area contributed by atoms with Crippen LogP contribution in [0.1, 0.15) is 28.6 Å². The van der Waals surface area contributed by atoms with Gasteiger partial charge in [0.05, 0.1) is 6.04 Å². The van der Waals surface area contributed by atoms with Crippen LogP contribution in [0.4, 0.5) is 0 Å². The summed E-state index contributed by atoms with van der Waals surface area (Å²) in [5.74, 6) is 0.796. The monoisotopic (exact) mass is 275 g/mol. The number of aromatic nitrogens is 2. The number of nitrogens with zero attached hydrogens (tertiary/aromatic N) is 2. The van der Waals surface area contributed by atoms with Crippen molar-refractivity contribution in [1.82, 2.24) is 15.3 Å².